The van der Waals surface area contributed by atoms with Crippen molar-refractivity contribution < 1.29 is 37.4 Å². The van der Waals surface area contributed by atoms with E-state index in [1.165, 1.54) is 14.0 Å². The lowest BCUT2D eigenvalue weighted by atomic mass is 10.1. The highest BCUT2D eigenvalue weighted by Gasteiger charge is 2.26. The molecule has 0 aliphatic heterocycles. The molecule has 144 valence electrons. The second-order valence-electron chi connectivity index (χ2n) is 5.16. The van der Waals surface area contributed by atoms with E-state index in [9.17, 15) is 23.2 Å². The predicted molar refractivity (Wildman–Crippen MR) is 92.2 cm³/mol. The van der Waals surface area contributed by atoms with Gasteiger partial charge >= 0.3 is 11.9 Å². The molecule has 0 unspecified atom stereocenters. The van der Waals surface area contributed by atoms with Crippen LogP contribution >= 0.6 is 11.3 Å². The maximum atomic E-state index is 13.1. The molecule has 1 aromatic heterocycles. The third kappa shape index (κ3) is 4.59. The van der Waals surface area contributed by atoms with Crippen molar-refractivity contribution >= 4 is 34.2 Å². The zero-order valence-corrected chi connectivity index (χ0v) is 15.4. The van der Waals surface area contributed by atoms with E-state index in [1.54, 1.807) is 0 Å². The molecule has 0 radical (unpaired) electrons. The molecule has 0 fully saturated rings. The monoisotopic (exact) mass is 399 g/mol. The number of hydrogen-bond donors (Lipinski definition) is 1. The predicted octanol–water partition coefficient (Wildman–Crippen LogP) is 2.93. The summed E-state index contributed by atoms with van der Waals surface area (Å²) < 4.78 is 40.4. The third-order valence-electron chi connectivity index (χ3n) is 3.42. The van der Waals surface area contributed by atoms with E-state index in [2.05, 4.69) is 14.8 Å². The van der Waals surface area contributed by atoms with E-state index in [1.807, 2.05) is 0 Å². The van der Waals surface area contributed by atoms with Crippen LogP contribution < -0.4 is 10.1 Å². The zero-order valence-electron chi connectivity index (χ0n) is 14.6. The summed E-state index contributed by atoms with van der Waals surface area (Å²) >= 11 is 0.844. The van der Waals surface area contributed by atoms with Crippen LogP contribution in [0.5, 0.6) is 5.75 Å². The van der Waals surface area contributed by atoms with E-state index in [0.29, 0.717) is 5.56 Å². The minimum Gasteiger partial charge on any atom is -0.484 e. The molecule has 0 atom stereocenters. The number of halogens is 2. The van der Waals surface area contributed by atoms with Gasteiger partial charge in [0.25, 0.3) is 5.91 Å². The minimum absolute atomic E-state index is 0.0177. The van der Waals surface area contributed by atoms with Crippen LogP contribution in [-0.4, -0.2) is 38.7 Å². The first-order valence-electron chi connectivity index (χ1n) is 7.46. The lowest BCUT2D eigenvalue weighted by molar-refractivity contribution is -0.118. The maximum absolute atomic E-state index is 13.1. The highest BCUT2D eigenvalue weighted by molar-refractivity contribution is 7.18. The first-order chi connectivity index (χ1) is 12.8. The molecule has 27 heavy (non-hydrogen) atoms. The molecule has 2 rings (SSSR count). The Balaban J connectivity index is 2.17. The summed E-state index contributed by atoms with van der Waals surface area (Å²) in [5, 5.41) is 2.52. The van der Waals surface area contributed by atoms with Crippen molar-refractivity contribution in [2.45, 2.75) is 6.92 Å². The van der Waals surface area contributed by atoms with Gasteiger partial charge in [-0.15, -0.1) is 11.3 Å². The number of carbonyl (C=O) groups excluding carboxylic acids is 3. The number of ether oxygens (including phenoxy) is 3. The van der Waals surface area contributed by atoms with Gasteiger partial charge in [-0.05, 0) is 24.6 Å². The average Bonchev–Trinajstić information content (AvgIpc) is 2.97. The second kappa shape index (κ2) is 8.58. The highest BCUT2D eigenvalue weighted by atomic mass is 32.1. The fourth-order valence-corrected chi connectivity index (χ4v) is 3.24. The Kier molecular flexibility index (Phi) is 6.45. The molecule has 1 aromatic carbocycles. The van der Waals surface area contributed by atoms with Gasteiger partial charge in [-0.3, -0.25) is 4.79 Å². The number of amides is 1. The molecule has 0 spiro atoms. The smallest absolute Gasteiger partial charge is 0.348 e. The largest absolute Gasteiger partial charge is 0.484 e. The molecule has 0 bridgehead atoms. The van der Waals surface area contributed by atoms with E-state index >= 15 is 0 Å². The third-order valence-corrected chi connectivity index (χ3v) is 4.61. The fraction of sp³-hybridized carbons (Fsp3) is 0.235. The van der Waals surface area contributed by atoms with Crippen LogP contribution in [0.4, 0.5) is 13.8 Å². The van der Waals surface area contributed by atoms with E-state index in [-0.39, 0.29) is 21.2 Å². The van der Waals surface area contributed by atoms with Gasteiger partial charge in [0.2, 0.25) is 0 Å². The summed E-state index contributed by atoms with van der Waals surface area (Å²) in [6.07, 6.45) is 0. The number of anilines is 1. The highest BCUT2D eigenvalue weighted by Crippen LogP contribution is 2.34. The first kappa shape index (κ1) is 20.3. The molecule has 7 nitrogen and oxygen atoms in total. The number of methoxy groups -OCH3 is 2. The summed E-state index contributed by atoms with van der Waals surface area (Å²) in [7, 11) is 2.35. The number of benzene rings is 1. The minimum atomic E-state index is -1.11. The van der Waals surface area contributed by atoms with Gasteiger partial charge < -0.3 is 19.5 Å². The van der Waals surface area contributed by atoms with Crippen LogP contribution in [0.1, 0.15) is 25.6 Å². The number of hydrogen-bond acceptors (Lipinski definition) is 7. The fourth-order valence-electron chi connectivity index (χ4n) is 2.12. The van der Waals surface area contributed by atoms with Crippen molar-refractivity contribution in [3.63, 3.8) is 0 Å². The molecule has 0 aliphatic rings. The SMILES string of the molecule is COC(=O)c1sc(NC(=O)COc2ccc(F)c(F)c2)c(C(=O)OC)c1C. The Labute approximate surface area is 156 Å². The number of carbonyl (C=O) groups is 3. The van der Waals surface area contributed by atoms with E-state index in [0.717, 1.165) is 36.6 Å². The first-order valence-corrected chi connectivity index (χ1v) is 8.27. The van der Waals surface area contributed by atoms with Crippen molar-refractivity contribution in [1.82, 2.24) is 0 Å². The van der Waals surface area contributed by atoms with Crippen LogP contribution in [0, 0.1) is 18.6 Å². The Morgan fingerprint density at radius 3 is 2.33 bits per heavy atom. The molecule has 0 aliphatic carbocycles. The topological polar surface area (TPSA) is 90.9 Å². The van der Waals surface area contributed by atoms with Crippen LogP contribution in [0.2, 0.25) is 0 Å². The summed E-state index contributed by atoms with van der Waals surface area (Å²) in [6.45, 7) is 0.985. The van der Waals surface area contributed by atoms with E-state index < -0.39 is 36.1 Å². The molecule has 10 heteroatoms. The summed E-state index contributed by atoms with van der Waals surface area (Å²) in [5.41, 5.74) is 0.319. The molecular weight excluding hydrogens is 384 g/mol. The summed E-state index contributed by atoms with van der Waals surface area (Å²) in [5.74, 6) is -4.29. The number of esters is 2. The Morgan fingerprint density at radius 1 is 1.07 bits per heavy atom. The second-order valence-corrected chi connectivity index (χ2v) is 6.18. The number of rotatable bonds is 6. The molecule has 0 saturated heterocycles. The van der Waals surface area contributed by atoms with Crippen molar-refractivity contribution in [1.29, 1.82) is 0 Å². The summed E-state index contributed by atoms with van der Waals surface area (Å²) in [4.78, 5) is 36.0. The standard InChI is InChI=1S/C17H15F2NO6S/c1-8-13(16(22)24-2)15(27-14(8)17(23)25-3)20-12(21)7-26-9-4-5-10(18)11(19)6-9/h4-6H,7H2,1-3H3,(H,20,21). The molecular formula is C17H15F2NO6S. The van der Waals surface area contributed by atoms with Gasteiger partial charge in [-0.2, -0.15) is 0 Å². The van der Waals surface area contributed by atoms with E-state index in [4.69, 9.17) is 4.74 Å². The van der Waals surface area contributed by atoms with Crippen LogP contribution in [0.15, 0.2) is 18.2 Å². The Bertz CT molecular complexity index is 896. The van der Waals surface area contributed by atoms with Crippen LogP contribution in [0.3, 0.4) is 0 Å². The van der Waals surface area contributed by atoms with Crippen molar-refractivity contribution in [3.05, 3.63) is 45.8 Å². The van der Waals surface area contributed by atoms with Crippen LogP contribution in [0.25, 0.3) is 0 Å². The van der Waals surface area contributed by atoms with Crippen molar-refractivity contribution in [2.75, 3.05) is 26.1 Å². The van der Waals surface area contributed by atoms with Crippen LogP contribution in [-0.2, 0) is 14.3 Å². The molecule has 1 heterocycles. The molecule has 1 N–H and O–H groups in total. The normalized spacial score (nSPS) is 10.3. The van der Waals surface area contributed by atoms with Gasteiger partial charge in [0, 0.05) is 6.07 Å². The lowest BCUT2D eigenvalue weighted by Crippen LogP contribution is -2.21. The maximum Gasteiger partial charge on any atom is 0.348 e. The average molecular weight is 399 g/mol. The molecule has 2 aromatic rings. The number of nitrogens with one attached hydrogen (secondary N) is 1. The molecule has 1 amide bonds. The van der Waals surface area contributed by atoms with Crippen molar-refractivity contribution in [3.8, 4) is 5.75 Å². The van der Waals surface area contributed by atoms with Gasteiger partial charge in [0.1, 0.15) is 15.6 Å². The van der Waals surface area contributed by atoms with Gasteiger partial charge in [0.05, 0.1) is 19.8 Å². The van der Waals surface area contributed by atoms with Gasteiger partial charge in [-0.1, -0.05) is 0 Å². The molecule has 0 saturated carbocycles. The van der Waals surface area contributed by atoms with Gasteiger partial charge in [-0.25, -0.2) is 18.4 Å². The van der Waals surface area contributed by atoms with Gasteiger partial charge in [0.15, 0.2) is 18.2 Å². The Morgan fingerprint density at radius 2 is 1.74 bits per heavy atom. The van der Waals surface area contributed by atoms with Crippen molar-refractivity contribution in [2.24, 2.45) is 0 Å². The Hall–Kier alpha value is -3.01. The lowest BCUT2D eigenvalue weighted by Gasteiger charge is -2.08. The number of thiophene rings is 1. The quantitative estimate of drug-likeness (QED) is 0.751. The zero-order chi connectivity index (χ0) is 20.1. The summed E-state index contributed by atoms with van der Waals surface area (Å²) in [6, 6.07) is 2.83.